The van der Waals surface area contributed by atoms with E-state index in [9.17, 15) is 9.59 Å². The highest BCUT2D eigenvalue weighted by molar-refractivity contribution is 5.87. The molecular formula is C24H22N2O6. The number of carbonyl (C=O) groups excluding carboxylic acids is 1. The Morgan fingerprint density at radius 2 is 1.56 bits per heavy atom. The van der Waals surface area contributed by atoms with Gasteiger partial charge in [-0.2, -0.15) is 5.10 Å². The molecule has 0 bridgehead atoms. The molecule has 0 fully saturated rings. The van der Waals surface area contributed by atoms with Gasteiger partial charge in [-0.3, -0.25) is 4.79 Å². The van der Waals surface area contributed by atoms with E-state index in [4.69, 9.17) is 19.3 Å². The molecule has 0 unspecified atom stereocenters. The fraction of sp³-hybridized carbons (Fsp3) is 0.125. The minimum absolute atomic E-state index is 0.215. The Bertz CT molecular complexity index is 1100. The van der Waals surface area contributed by atoms with Gasteiger partial charge in [0, 0.05) is 5.56 Å². The molecule has 3 rings (SSSR count). The first-order valence-corrected chi connectivity index (χ1v) is 9.68. The first-order chi connectivity index (χ1) is 15.6. The lowest BCUT2D eigenvalue weighted by molar-refractivity contribution is -0.123. The minimum atomic E-state index is -0.977. The van der Waals surface area contributed by atoms with Crippen molar-refractivity contribution < 1.29 is 28.9 Å². The molecule has 0 aliphatic heterocycles. The maximum atomic E-state index is 12.0. The number of hydrogen-bond donors (Lipinski definition) is 2. The van der Waals surface area contributed by atoms with E-state index in [1.807, 2.05) is 12.1 Å². The molecular weight excluding hydrogens is 412 g/mol. The van der Waals surface area contributed by atoms with E-state index < -0.39 is 11.9 Å². The van der Waals surface area contributed by atoms with E-state index in [2.05, 4.69) is 10.5 Å². The molecule has 2 N–H and O–H groups in total. The molecule has 1 amide bonds. The number of aromatic carboxylic acids is 1. The number of amides is 1. The van der Waals surface area contributed by atoms with Gasteiger partial charge in [0.1, 0.15) is 12.4 Å². The summed E-state index contributed by atoms with van der Waals surface area (Å²) in [6, 6.07) is 20.7. The lowest BCUT2D eigenvalue weighted by Crippen LogP contribution is -2.24. The number of hydrogen-bond acceptors (Lipinski definition) is 6. The first kappa shape index (κ1) is 22.4. The molecule has 0 heterocycles. The van der Waals surface area contributed by atoms with Crippen molar-refractivity contribution in [3.63, 3.8) is 0 Å². The maximum absolute atomic E-state index is 12.0. The second-order valence-electron chi connectivity index (χ2n) is 6.56. The van der Waals surface area contributed by atoms with E-state index in [0.29, 0.717) is 22.8 Å². The number of nitrogens with zero attached hydrogens (tertiary/aromatic N) is 1. The third-order valence-electron chi connectivity index (χ3n) is 4.33. The molecule has 0 aliphatic carbocycles. The Morgan fingerprint density at radius 3 is 2.25 bits per heavy atom. The van der Waals surface area contributed by atoms with Crippen LogP contribution in [0.25, 0.3) is 0 Å². The largest absolute Gasteiger partial charge is 0.493 e. The van der Waals surface area contributed by atoms with Crippen LogP contribution in [0.1, 0.15) is 21.5 Å². The number of carboxylic acid groups (broad SMARTS) is 1. The van der Waals surface area contributed by atoms with Gasteiger partial charge >= 0.3 is 5.97 Å². The highest BCUT2D eigenvalue weighted by Gasteiger charge is 2.07. The van der Waals surface area contributed by atoms with Crippen LogP contribution >= 0.6 is 0 Å². The molecule has 8 nitrogen and oxygen atoms in total. The lowest BCUT2D eigenvalue weighted by Gasteiger charge is -2.10. The summed E-state index contributed by atoms with van der Waals surface area (Å²) in [5.74, 6) is 0.160. The second-order valence-corrected chi connectivity index (χ2v) is 6.56. The van der Waals surface area contributed by atoms with Gasteiger partial charge in [-0.1, -0.05) is 36.4 Å². The van der Waals surface area contributed by atoms with Gasteiger partial charge in [0.25, 0.3) is 5.91 Å². The zero-order valence-corrected chi connectivity index (χ0v) is 17.4. The van der Waals surface area contributed by atoms with Gasteiger partial charge in [0.05, 0.1) is 18.9 Å². The number of carboxylic acids is 1. The summed E-state index contributed by atoms with van der Waals surface area (Å²) >= 11 is 0. The molecule has 3 aromatic carbocycles. The van der Waals surface area contributed by atoms with Crippen molar-refractivity contribution in [1.29, 1.82) is 0 Å². The standard InChI is InChI=1S/C24H22N2O6/c1-30-21-8-4-5-9-22(21)32-16-23(27)26-25-14-19-6-2-3-7-20(19)31-15-17-10-12-18(13-11-17)24(28)29/h2-14H,15-16H2,1H3,(H,26,27)(H,28,29). The van der Waals surface area contributed by atoms with Crippen LogP contribution in [-0.2, 0) is 11.4 Å². The van der Waals surface area contributed by atoms with Crippen molar-refractivity contribution >= 4 is 18.1 Å². The summed E-state index contributed by atoms with van der Waals surface area (Å²) in [6.07, 6.45) is 1.48. The highest BCUT2D eigenvalue weighted by Crippen LogP contribution is 2.25. The first-order valence-electron chi connectivity index (χ1n) is 9.68. The van der Waals surface area contributed by atoms with Gasteiger partial charge in [0.15, 0.2) is 18.1 Å². The van der Waals surface area contributed by atoms with Crippen LogP contribution in [0.4, 0.5) is 0 Å². The van der Waals surface area contributed by atoms with E-state index in [1.165, 1.54) is 25.5 Å². The molecule has 0 saturated carbocycles. The predicted octanol–water partition coefficient (Wildman–Crippen LogP) is 3.50. The molecule has 0 aliphatic rings. The van der Waals surface area contributed by atoms with Crippen molar-refractivity contribution in [3.05, 3.63) is 89.5 Å². The molecule has 0 atom stereocenters. The molecule has 0 radical (unpaired) electrons. The zero-order chi connectivity index (χ0) is 22.8. The van der Waals surface area contributed by atoms with Crippen LogP contribution in [-0.4, -0.2) is 36.9 Å². The fourth-order valence-electron chi connectivity index (χ4n) is 2.71. The fourth-order valence-corrected chi connectivity index (χ4v) is 2.71. The summed E-state index contributed by atoms with van der Waals surface area (Å²) in [6.45, 7) is 0.0338. The van der Waals surface area contributed by atoms with Crippen molar-refractivity contribution in [3.8, 4) is 17.2 Å². The van der Waals surface area contributed by atoms with E-state index in [1.54, 1.807) is 48.5 Å². The number of rotatable bonds is 10. The molecule has 8 heteroatoms. The topological polar surface area (TPSA) is 106 Å². The highest BCUT2D eigenvalue weighted by atomic mass is 16.5. The van der Waals surface area contributed by atoms with Crippen LogP contribution in [0.2, 0.25) is 0 Å². The van der Waals surface area contributed by atoms with Crippen LogP contribution in [0, 0.1) is 0 Å². The molecule has 3 aromatic rings. The average molecular weight is 434 g/mol. The smallest absolute Gasteiger partial charge is 0.335 e. The Morgan fingerprint density at radius 1 is 0.906 bits per heavy atom. The molecule has 0 spiro atoms. The molecule has 0 aromatic heterocycles. The quantitative estimate of drug-likeness (QED) is 0.374. The monoisotopic (exact) mass is 434 g/mol. The van der Waals surface area contributed by atoms with Crippen molar-refractivity contribution in [2.24, 2.45) is 5.10 Å². The van der Waals surface area contributed by atoms with Gasteiger partial charge in [-0.25, -0.2) is 10.2 Å². The van der Waals surface area contributed by atoms with Crippen molar-refractivity contribution in [2.45, 2.75) is 6.61 Å². The summed E-state index contributed by atoms with van der Waals surface area (Å²) in [4.78, 5) is 23.0. The predicted molar refractivity (Wildman–Crippen MR) is 118 cm³/mol. The Balaban J connectivity index is 1.53. The normalized spacial score (nSPS) is 10.5. The third kappa shape index (κ3) is 6.33. The number of hydrazone groups is 1. The Labute approximate surface area is 185 Å². The van der Waals surface area contributed by atoms with Crippen LogP contribution in [0.15, 0.2) is 77.9 Å². The van der Waals surface area contributed by atoms with Crippen molar-refractivity contribution in [2.75, 3.05) is 13.7 Å². The average Bonchev–Trinajstić information content (AvgIpc) is 2.82. The maximum Gasteiger partial charge on any atom is 0.335 e. The van der Waals surface area contributed by atoms with E-state index in [-0.39, 0.29) is 18.8 Å². The van der Waals surface area contributed by atoms with Crippen LogP contribution in [0.3, 0.4) is 0 Å². The third-order valence-corrected chi connectivity index (χ3v) is 4.33. The number of para-hydroxylation sites is 3. The zero-order valence-electron chi connectivity index (χ0n) is 17.4. The second kappa shape index (κ2) is 11.2. The van der Waals surface area contributed by atoms with Gasteiger partial charge in [-0.05, 0) is 42.0 Å². The van der Waals surface area contributed by atoms with Crippen molar-refractivity contribution in [1.82, 2.24) is 5.43 Å². The van der Waals surface area contributed by atoms with Gasteiger partial charge in [0.2, 0.25) is 0 Å². The molecule has 32 heavy (non-hydrogen) atoms. The number of ether oxygens (including phenoxy) is 3. The van der Waals surface area contributed by atoms with Crippen LogP contribution in [0.5, 0.6) is 17.2 Å². The number of carbonyl (C=O) groups is 2. The summed E-state index contributed by atoms with van der Waals surface area (Å²) in [5, 5.41) is 12.9. The van der Waals surface area contributed by atoms with E-state index >= 15 is 0 Å². The summed E-state index contributed by atoms with van der Waals surface area (Å²) < 4.78 is 16.5. The van der Waals surface area contributed by atoms with Gasteiger partial charge < -0.3 is 19.3 Å². The number of benzene rings is 3. The molecule has 164 valence electrons. The molecule has 0 saturated heterocycles. The van der Waals surface area contributed by atoms with Crippen LogP contribution < -0.4 is 19.6 Å². The van der Waals surface area contributed by atoms with E-state index in [0.717, 1.165) is 5.56 Å². The summed E-state index contributed by atoms with van der Waals surface area (Å²) in [5.41, 5.74) is 4.11. The van der Waals surface area contributed by atoms with Gasteiger partial charge in [-0.15, -0.1) is 0 Å². The number of nitrogens with one attached hydrogen (secondary N) is 1. The summed E-state index contributed by atoms with van der Waals surface area (Å²) in [7, 11) is 1.52. The number of methoxy groups -OCH3 is 1. The Kier molecular flexibility index (Phi) is 7.80. The Hall–Kier alpha value is -4.33. The minimum Gasteiger partial charge on any atom is -0.493 e. The SMILES string of the molecule is COc1ccccc1OCC(=O)NN=Cc1ccccc1OCc1ccc(C(=O)O)cc1. The lowest BCUT2D eigenvalue weighted by atomic mass is 10.1.